The number of benzene rings is 2. The summed E-state index contributed by atoms with van der Waals surface area (Å²) in [6.07, 6.45) is 1.81. The molecule has 2 aromatic rings. The molecule has 2 heterocycles. The van der Waals surface area contributed by atoms with Crippen LogP contribution in [0.1, 0.15) is 36.9 Å². The van der Waals surface area contributed by atoms with Gasteiger partial charge in [-0.3, -0.25) is 14.5 Å². The molecule has 0 aromatic heterocycles. The molecule has 2 aliphatic rings. The van der Waals surface area contributed by atoms with Crippen LogP contribution in [-0.2, 0) is 9.59 Å². The number of rotatable bonds is 4. The smallest absolute Gasteiger partial charge is 0.227 e. The number of hydrogen-bond acceptors (Lipinski definition) is 3. The van der Waals surface area contributed by atoms with Gasteiger partial charge in [0.2, 0.25) is 11.8 Å². The summed E-state index contributed by atoms with van der Waals surface area (Å²) in [5.74, 6) is 0.246. The minimum atomic E-state index is -0.0479. The van der Waals surface area contributed by atoms with Crippen LogP contribution in [0.2, 0.25) is 0 Å². The largest absolute Gasteiger partial charge is 0.342 e. The van der Waals surface area contributed by atoms with Crippen LogP contribution >= 0.6 is 0 Å². The van der Waals surface area contributed by atoms with Crippen molar-refractivity contribution in [1.29, 1.82) is 0 Å². The van der Waals surface area contributed by atoms with Gasteiger partial charge in [0, 0.05) is 46.2 Å². The summed E-state index contributed by atoms with van der Waals surface area (Å²) in [6.45, 7) is 6.14. The minimum Gasteiger partial charge on any atom is -0.342 e. The molecule has 2 fully saturated rings. The van der Waals surface area contributed by atoms with E-state index in [0.717, 1.165) is 45.6 Å². The van der Waals surface area contributed by atoms with E-state index in [0.29, 0.717) is 6.54 Å². The molecule has 2 aromatic carbocycles. The summed E-state index contributed by atoms with van der Waals surface area (Å²) in [6, 6.07) is 21.4. The van der Waals surface area contributed by atoms with Gasteiger partial charge in [0.1, 0.15) is 0 Å². The molecule has 158 valence electrons. The van der Waals surface area contributed by atoms with Crippen LogP contribution in [0.25, 0.3) is 0 Å². The van der Waals surface area contributed by atoms with Gasteiger partial charge in [0.15, 0.2) is 0 Å². The van der Waals surface area contributed by atoms with Crippen LogP contribution in [0.3, 0.4) is 0 Å². The van der Waals surface area contributed by atoms with Crippen molar-refractivity contribution >= 4 is 11.8 Å². The Morgan fingerprint density at radius 3 is 1.90 bits per heavy atom. The maximum absolute atomic E-state index is 13.1. The third-order valence-electron chi connectivity index (χ3n) is 6.44. The highest BCUT2D eigenvalue weighted by molar-refractivity contribution is 5.81. The minimum absolute atomic E-state index is 0.0479. The lowest BCUT2D eigenvalue weighted by Crippen LogP contribution is -2.53. The Morgan fingerprint density at radius 2 is 1.37 bits per heavy atom. The normalized spacial score (nSPS) is 20.4. The fraction of sp³-hybridized carbons (Fsp3) is 0.440. The SMILES string of the molecule is CC(=O)N1CCCC(C(=O)N2CCN(C(c3ccccc3)c3ccccc3)CC2)C1. The summed E-state index contributed by atoms with van der Waals surface area (Å²) >= 11 is 0. The molecule has 0 aliphatic carbocycles. The first-order valence-electron chi connectivity index (χ1n) is 11.0. The van der Waals surface area contributed by atoms with Crippen LogP contribution in [0.5, 0.6) is 0 Å². The number of carbonyl (C=O) groups is 2. The molecule has 0 bridgehead atoms. The summed E-state index contributed by atoms with van der Waals surface area (Å²) in [5, 5.41) is 0. The zero-order valence-electron chi connectivity index (χ0n) is 17.7. The van der Waals surface area contributed by atoms with Gasteiger partial charge >= 0.3 is 0 Å². The Labute approximate surface area is 179 Å². The first-order valence-corrected chi connectivity index (χ1v) is 11.0. The standard InChI is InChI=1S/C25H31N3O2/c1-20(29)28-14-8-13-23(19-28)25(30)27-17-15-26(16-18-27)24(21-9-4-2-5-10-21)22-11-6-3-7-12-22/h2-7,9-12,23-24H,8,13-19H2,1H3. The van der Waals surface area contributed by atoms with E-state index in [2.05, 4.69) is 65.6 Å². The Kier molecular flexibility index (Phi) is 6.48. The van der Waals surface area contributed by atoms with Crippen LogP contribution < -0.4 is 0 Å². The van der Waals surface area contributed by atoms with E-state index in [4.69, 9.17) is 0 Å². The van der Waals surface area contributed by atoms with Crippen molar-refractivity contribution in [2.24, 2.45) is 5.92 Å². The van der Waals surface area contributed by atoms with E-state index in [1.165, 1.54) is 11.1 Å². The first-order chi connectivity index (χ1) is 14.6. The molecule has 5 nitrogen and oxygen atoms in total. The lowest BCUT2D eigenvalue weighted by molar-refractivity contribution is -0.141. The molecule has 30 heavy (non-hydrogen) atoms. The highest BCUT2D eigenvalue weighted by atomic mass is 16.2. The van der Waals surface area contributed by atoms with Crippen molar-refractivity contribution < 1.29 is 9.59 Å². The predicted octanol–water partition coefficient (Wildman–Crippen LogP) is 3.18. The molecular weight excluding hydrogens is 374 g/mol. The summed E-state index contributed by atoms with van der Waals surface area (Å²) in [4.78, 5) is 31.1. The molecule has 5 heteroatoms. The van der Waals surface area contributed by atoms with Gasteiger partial charge in [-0.15, -0.1) is 0 Å². The molecule has 1 unspecified atom stereocenters. The molecule has 0 N–H and O–H groups in total. The maximum Gasteiger partial charge on any atom is 0.227 e. The molecule has 2 amide bonds. The quantitative estimate of drug-likeness (QED) is 0.785. The topological polar surface area (TPSA) is 43.9 Å². The molecule has 0 spiro atoms. The number of nitrogens with zero attached hydrogens (tertiary/aromatic N) is 3. The van der Waals surface area contributed by atoms with Gasteiger partial charge in [-0.25, -0.2) is 0 Å². The summed E-state index contributed by atoms with van der Waals surface area (Å²) in [7, 11) is 0. The van der Waals surface area contributed by atoms with Crippen molar-refractivity contribution in [1.82, 2.24) is 14.7 Å². The third-order valence-corrected chi connectivity index (χ3v) is 6.44. The first kappa shape index (κ1) is 20.6. The highest BCUT2D eigenvalue weighted by Gasteiger charge is 2.33. The molecule has 4 rings (SSSR count). The zero-order valence-corrected chi connectivity index (χ0v) is 17.7. The highest BCUT2D eigenvalue weighted by Crippen LogP contribution is 2.30. The van der Waals surface area contributed by atoms with Crippen molar-refractivity contribution in [2.75, 3.05) is 39.3 Å². The van der Waals surface area contributed by atoms with Gasteiger partial charge in [0.25, 0.3) is 0 Å². The molecule has 1 atom stereocenters. The van der Waals surface area contributed by atoms with E-state index >= 15 is 0 Å². The maximum atomic E-state index is 13.1. The average Bonchev–Trinajstić information content (AvgIpc) is 2.81. The lowest BCUT2D eigenvalue weighted by Gasteiger charge is -2.41. The van der Waals surface area contributed by atoms with E-state index in [9.17, 15) is 9.59 Å². The second-order valence-corrected chi connectivity index (χ2v) is 8.39. The third kappa shape index (κ3) is 4.57. The predicted molar refractivity (Wildman–Crippen MR) is 118 cm³/mol. The second kappa shape index (κ2) is 9.43. The van der Waals surface area contributed by atoms with Crippen molar-refractivity contribution in [3.8, 4) is 0 Å². The van der Waals surface area contributed by atoms with Gasteiger partial charge in [-0.1, -0.05) is 60.7 Å². The summed E-state index contributed by atoms with van der Waals surface area (Å²) in [5.41, 5.74) is 2.57. The Bertz CT molecular complexity index is 808. The van der Waals surface area contributed by atoms with Crippen LogP contribution in [0.4, 0.5) is 0 Å². The second-order valence-electron chi connectivity index (χ2n) is 8.39. The Hall–Kier alpha value is -2.66. The lowest BCUT2D eigenvalue weighted by atomic mass is 9.95. The van der Waals surface area contributed by atoms with Crippen LogP contribution in [0.15, 0.2) is 60.7 Å². The number of piperidine rings is 1. The van der Waals surface area contributed by atoms with E-state index in [1.54, 1.807) is 6.92 Å². The van der Waals surface area contributed by atoms with Crippen molar-refractivity contribution in [3.63, 3.8) is 0 Å². The fourth-order valence-electron chi connectivity index (χ4n) is 4.81. The van der Waals surface area contributed by atoms with E-state index in [1.807, 2.05) is 9.80 Å². The molecular formula is C25H31N3O2. The van der Waals surface area contributed by atoms with Crippen molar-refractivity contribution in [2.45, 2.75) is 25.8 Å². The number of amides is 2. The van der Waals surface area contributed by atoms with Gasteiger partial charge < -0.3 is 9.80 Å². The zero-order chi connectivity index (χ0) is 20.9. The Balaban J connectivity index is 1.43. The van der Waals surface area contributed by atoms with E-state index in [-0.39, 0.29) is 23.8 Å². The number of carbonyl (C=O) groups excluding carboxylic acids is 2. The van der Waals surface area contributed by atoms with Crippen LogP contribution in [-0.4, -0.2) is 65.8 Å². The average molecular weight is 406 g/mol. The summed E-state index contributed by atoms with van der Waals surface area (Å²) < 4.78 is 0. The fourth-order valence-corrected chi connectivity index (χ4v) is 4.81. The van der Waals surface area contributed by atoms with Gasteiger partial charge in [-0.05, 0) is 24.0 Å². The number of piperazine rings is 1. The molecule has 0 radical (unpaired) electrons. The van der Waals surface area contributed by atoms with Crippen molar-refractivity contribution in [3.05, 3.63) is 71.8 Å². The van der Waals surface area contributed by atoms with E-state index < -0.39 is 0 Å². The van der Waals surface area contributed by atoms with Gasteiger partial charge in [0.05, 0.1) is 12.0 Å². The van der Waals surface area contributed by atoms with Crippen LogP contribution in [0, 0.1) is 5.92 Å². The molecule has 2 aliphatic heterocycles. The monoisotopic (exact) mass is 405 g/mol. The number of likely N-dealkylation sites (tertiary alicyclic amines) is 1. The van der Waals surface area contributed by atoms with Gasteiger partial charge in [-0.2, -0.15) is 0 Å². The molecule has 2 saturated heterocycles. The Morgan fingerprint density at radius 1 is 0.800 bits per heavy atom. The molecule has 0 saturated carbocycles. The number of hydrogen-bond donors (Lipinski definition) is 0.